The summed E-state index contributed by atoms with van der Waals surface area (Å²) in [6.07, 6.45) is 8.20. The summed E-state index contributed by atoms with van der Waals surface area (Å²) >= 11 is 0. The number of allylic oxidation sites excluding steroid dienone is 1. The lowest BCUT2D eigenvalue weighted by molar-refractivity contribution is 0.257. The zero-order chi connectivity index (χ0) is 23.1. The minimum Gasteiger partial charge on any atom is -0.373 e. The van der Waals surface area contributed by atoms with Crippen LogP contribution in [0.3, 0.4) is 0 Å². The van der Waals surface area contributed by atoms with E-state index >= 15 is 0 Å². The normalized spacial score (nSPS) is 22.0. The number of benzene rings is 1. The minimum atomic E-state index is -0.325. The SMILES string of the molecule is C=C(C1CC1c1ccccc1)N1CCC[C@@H](Nc2ccnc(-c3cnc4ccc(F)cn34)n2)C1. The Morgan fingerprint density at radius 3 is 2.85 bits per heavy atom. The zero-order valence-corrected chi connectivity index (χ0v) is 18.9. The van der Waals surface area contributed by atoms with Gasteiger partial charge in [0.1, 0.15) is 23.0 Å². The maximum Gasteiger partial charge on any atom is 0.180 e. The Hall–Kier alpha value is -3.74. The van der Waals surface area contributed by atoms with Crippen LogP contribution in [0.5, 0.6) is 0 Å². The Bertz CT molecular complexity index is 1330. The van der Waals surface area contributed by atoms with Crippen molar-refractivity contribution in [3.63, 3.8) is 0 Å². The van der Waals surface area contributed by atoms with E-state index in [0.29, 0.717) is 29.0 Å². The van der Waals surface area contributed by atoms with Gasteiger partial charge in [-0.25, -0.2) is 19.3 Å². The number of hydrogen-bond acceptors (Lipinski definition) is 5. The highest BCUT2D eigenvalue weighted by Crippen LogP contribution is 2.52. The average Bonchev–Trinajstić information content (AvgIpc) is 3.57. The van der Waals surface area contributed by atoms with E-state index in [1.807, 2.05) is 6.07 Å². The summed E-state index contributed by atoms with van der Waals surface area (Å²) in [7, 11) is 0. The van der Waals surface area contributed by atoms with Crippen LogP contribution in [-0.4, -0.2) is 43.4 Å². The molecule has 7 heteroatoms. The van der Waals surface area contributed by atoms with Gasteiger partial charge in [0.15, 0.2) is 5.82 Å². The molecular formula is C27H27FN6. The molecule has 0 spiro atoms. The number of likely N-dealkylation sites (tertiary alicyclic amines) is 1. The van der Waals surface area contributed by atoms with Crippen LogP contribution in [0.4, 0.5) is 10.2 Å². The Morgan fingerprint density at radius 2 is 1.97 bits per heavy atom. The van der Waals surface area contributed by atoms with Crippen LogP contribution in [0.1, 0.15) is 30.7 Å². The fourth-order valence-corrected chi connectivity index (χ4v) is 5.11. The summed E-state index contributed by atoms with van der Waals surface area (Å²) < 4.78 is 15.4. The second-order valence-corrected chi connectivity index (χ2v) is 9.26. The first-order valence-electron chi connectivity index (χ1n) is 11.9. The molecule has 2 fully saturated rings. The molecule has 1 saturated heterocycles. The highest BCUT2D eigenvalue weighted by Gasteiger charge is 2.42. The molecule has 6 nitrogen and oxygen atoms in total. The molecule has 1 aromatic carbocycles. The van der Waals surface area contributed by atoms with Gasteiger partial charge in [-0.3, -0.25) is 4.40 Å². The summed E-state index contributed by atoms with van der Waals surface area (Å²) in [5.41, 5.74) is 4.00. The van der Waals surface area contributed by atoms with Crippen LogP contribution in [-0.2, 0) is 0 Å². The number of anilines is 1. The molecule has 4 aromatic rings. The fourth-order valence-electron chi connectivity index (χ4n) is 5.11. The first-order valence-corrected chi connectivity index (χ1v) is 11.9. The van der Waals surface area contributed by atoms with Crippen LogP contribution in [0, 0.1) is 11.7 Å². The number of aromatic nitrogens is 4. The van der Waals surface area contributed by atoms with Gasteiger partial charge in [-0.2, -0.15) is 0 Å². The Kier molecular flexibility index (Phi) is 5.24. The molecule has 0 bridgehead atoms. The third-order valence-corrected chi connectivity index (χ3v) is 6.98. The number of nitrogens with zero attached hydrogens (tertiary/aromatic N) is 5. The van der Waals surface area contributed by atoms with Crippen molar-refractivity contribution in [2.24, 2.45) is 5.92 Å². The quantitative estimate of drug-likeness (QED) is 0.438. The molecule has 1 saturated carbocycles. The first-order chi connectivity index (χ1) is 16.7. The van der Waals surface area contributed by atoms with Gasteiger partial charge in [-0.05, 0) is 48.9 Å². The topological polar surface area (TPSA) is 58.3 Å². The molecule has 1 N–H and O–H groups in total. The number of hydrogen-bond donors (Lipinski definition) is 1. The van der Waals surface area contributed by atoms with Crippen molar-refractivity contribution in [3.05, 3.63) is 90.8 Å². The molecule has 4 heterocycles. The predicted octanol–water partition coefficient (Wildman–Crippen LogP) is 5.12. The van der Waals surface area contributed by atoms with E-state index in [4.69, 9.17) is 4.98 Å². The molecule has 172 valence electrons. The number of fused-ring (bicyclic) bond motifs is 1. The number of halogens is 1. The second-order valence-electron chi connectivity index (χ2n) is 9.26. The number of piperidine rings is 1. The van der Waals surface area contributed by atoms with Gasteiger partial charge in [0.05, 0.1) is 6.20 Å². The zero-order valence-electron chi connectivity index (χ0n) is 18.9. The number of rotatable bonds is 6. The molecule has 3 atom stereocenters. The third kappa shape index (κ3) is 4.02. The largest absolute Gasteiger partial charge is 0.373 e. The van der Waals surface area contributed by atoms with Gasteiger partial charge < -0.3 is 10.2 Å². The molecule has 1 aliphatic heterocycles. The van der Waals surface area contributed by atoms with Crippen LogP contribution < -0.4 is 5.32 Å². The van der Waals surface area contributed by atoms with Crippen molar-refractivity contribution >= 4 is 11.5 Å². The van der Waals surface area contributed by atoms with Crippen molar-refractivity contribution in [1.29, 1.82) is 0 Å². The van der Waals surface area contributed by atoms with Crippen LogP contribution >= 0.6 is 0 Å². The van der Waals surface area contributed by atoms with Gasteiger partial charge >= 0.3 is 0 Å². The summed E-state index contributed by atoms with van der Waals surface area (Å²) in [5.74, 6) is 2.10. The van der Waals surface area contributed by atoms with Gasteiger partial charge in [-0.1, -0.05) is 36.9 Å². The predicted molar refractivity (Wildman–Crippen MR) is 131 cm³/mol. The second kappa shape index (κ2) is 8.56. The molecule has 0 radical (unpaired) electrons. The van der Waals surface area contributed by atoms with Crippen molar-refractivity contribution in [2.45, 2.75) is 31.2 Å². The van der Waals surface area contributed by atoms with E-state index in [1.165, 1.54) is 29.9 Å². The van der Waals surface area contributed by atoms with E-state index in [0.717, 1.165) is 31.7 Å². The van der Waals surface area contributed by atoms with Gasteiger partial charge in [0.2, 0.25) is 0 Å². The maximum absolute atomic E-state index is 13.8. The van der Waals surface area contributed by atoms with E-state index in [1.54, 1.807) is 22.9 Å². The first kappa shape index (κ1) is 20.8. The van der Waals surface area contributed by atoms with E-state index in [9.17, 15) is 4.39 Å². The third-order valence-electron chi connectivity index (χ3n) is 6.98. The van der Waals surface area contributed by atoms with Crippen molar-refractivity contribution in [1.82, 2.24) is 24.3 Å². The summed E-state index contributed by atoms with van der Waals surface area (Å²) in [4.78, 5) is 15.9. The summed E-state index contributed by atoms with van der Waals surface area (Å²) in [6, 6.07) is 16.0. The monoisotopic (exact) mass is 454 g/mol. The lowest BCUT2D eigenvalue weighted by atomic mass is 10.0. The van der Waals surface area contributed by atoms with E-state index < -0.39 is 0 Å². The Morgan fingerprint density at radius 1 is 1.09 bits per heavy atom. The van der Waals surface area contributed by atoms with Crippen molar-refractivity contribution in [3.8, 4) is 11.5 Å². The maximum atomic E-state index is 13.8. The molecule has 1 aliphatic carbocycles. The average molecular weight is 455 g/mol. The number of imidazole rings is 1. The summed E-state index contributed by atoms with van der Waals surface area (Å²) in [6.45, 7) is 6.44. The standard InChI is InChI=1S/C27H27FN6/c1-18(22-14-23(22)19-6-3-2-4-7-19)33-13-5-8-21(17-33)31-25-11-12-29-27(32-25)24-15-30-26-10-9-20(28)16-34(24)26/h2-4,6-7,9-12,15-16,21-23H,1,5,8,13-14,17H2,(H,29,31,32)/t21-,22?,23?/m1/s1. The highest BCUT2D eigenvalue weighted by atomic mass is 19.1. The van der Waals surface area contributed by atoms with E-state index in [2.05, 4.69) is 57.1 Å². The Balaban J connectivity index is 1.14. The van der Waals surface area contributed by atoms with Gasteiger partial charge in [-0.15, -0.1) is 0 Å². The molecular weight excluding hydrogens is 427 g/mol. The molecule has 2 unspecified atom stereocenters. The molecule has 6 rings (SSSR count). The van der Waals surface area contributed by atoms with Gasteiger partial charge in [0.25, 0.3) is 0 Å². The fraction of sp³-hybridized carbons (Fsp3) is 0.296. The molecule has 0 amide bonds. The number of nitrogens with one attached hydrogen (secondary N) is 1. The highest BCUT2D eigenvalue weighted by molar-refractivity contribution is 5.58. The lowest BCUT2D eigenvalue weighted by Crippen LogP contribution is -2.42. The summed E-state index contributed by atoms with van der Waals surface area (Å²) in [5, 5.41) is 3.59. The van der Waals surface area contributed by atoms with Crippen molar-refractivity contribution in [2.75, 3.05) is 18.4 Å². The van der Waals surface area contributed by atoms with E-state index in [-0.39, 0.29) is 11.9 Å². The van der Waals surface area contributed by atoms with Crippen LogP contribution in [0.2, 0.25) is 0 Å². The van der Waals surface area contributed by atoms with Crippen LogP contribution in [0.25, 0.3) is 17.2 Å². The van der Waals surface area contributed by atoms with Crippen LogP contribution in [0.15, 0.2) is 79.4 Å². The molecule has 34 heavy (non-hydrogen) atoms. The molecule has 3 aromatic heterocycles. The lowest BCUT2D eigenvalue weighted by Gasteiger charge is -2.36. The minimum absolute atomic E-state index is 0.279. The molecule has 2 aliphatic rings. The number of pyridine rings is 1. The smallest absolute Gasteiger partial charge is 0.180 e. The van der Waals surface area contributed by atoms with Gasteiger partial charge in [0, 0.05) is 43.1 Å². The van der Waals surface area contributed by atoms with Crippen molar-refractivity contribution < 1.29 is 4.39 Å². The Labute approximate surface area is 198 Å².